The van der Waals surface area contributed by atoms with E-state index in [1.165, 1.54) is 23.6 Å². The second-order valence-corrected chi connectivity index (χ2v) is 6.20. The van der Waals surface area contributed by atoms with Crippen LogP contribution in [0.25, 0.3) is 10.6 Å². The van der Waals surface area contributed by atoms with Gasteiger partial charge in [-0.2, -0.15) is 0 Å². The van der Waals surface area contributed by atoms with E-state index in [0.29, 0.717) is 22.5 Å². The van der Waals surface area contributed by atoms with Crippen molar-refractivity contribution in [1.82, 2.24) is 4.98 Å². The summed E-state index contributed by atoms with van der Waals surface area (Å²) in [5.74, 6) is -1.45. The average molecular weight is 401 g/mol. The van der Waals surface area contributed by atoms with E-state index in [1.807, 2.05) is 0 Å². The van der Waals surface area contributed by atoms with E-state index in [-0.39, 0.29) is 23.7 Å². The van der Waals surface area contributed by atoms with Crippen LogP contribution >= 0.6 is 11.3 Å². The van der Waals surface area contributed by atoms with Gasteiger partial charge >= 0.3 is 6.09 Å². The Balaban J connectivity index is 2.14. The van der Waals surface area contributed by atoms with Crippen LogP contribution < -0.4 is 11.1 Å². The van der Waals surface area contributed by atoms with Gasteiger partial charge in [0.2, 0.25) is 0 Å². The van der Waals surface area contributed by atoms with Gasteiger partial charge in [-0.15, -0.1) is 11.3 Å². The summed E-state index contributed by atoms with van der Waals surface area (Å²) in [5, 5.41) is 12.9. The van der Waals surface area contributed by atoms with Crippen LogP contribution in [0.3, 0.4) is 0 Å². The van der Waals surface area contributed by atoms with E-state index in [2.05, 4.69) is 20.3 Å². The van der Waals surface area contributed by atoms with Crippen molar-refractivity contribution >= 4 is 52.6 Å². The van der Waals surface area contributed by atoms with Crippen molar-refractivity contribution in [2.45, 2.75) is 6.92 Å². The lowest BCUT2D eigenvalue weighted by Gasteiger charge is -2.01. The van der Waals surface area contributed by atoms with E-state index in [1.54, 1.807) is 24.3 Å². The van der Waals surface area contributed by atoms with Crippen LogP contribution in [-0.4, -0.2) is 52.3 Å². The third-order valence-electron chi connectivity index (χ3n) is 3.32. The summed E-state index contributed by atoms with van der Waals surface area (Å²) in [6.07, 6.45) is -0.800. The maximum Gasteiger partial charge on any atom is 0.409 e. The van der Waals surface area contributed by atoms with Crippen molar-refractivity contribution in [3.63, 3.8) is 0 Å². The molecule has 0 saturated heterocycles. The number of carbonyl (C=O) groups is 4. The Kier molecular flexibility index (Phi) is 6.82. The summed E-state index contributed by atoms with van der Waals surface area (Å²) < 4.78 is 0. The molecular weight excluding hydrogens is 386 g/mol. The maximum absolute atomic E-state index is 12.2. The minimum Gasteiger partial charge on any atom is -0.465 e. The van der Waals surface area contributed by atoms with Gasteiger partial charge in [-0.25, -0.2) is 14.8 Å². The summed E-state index contributed by atoms with van der Waals surface area (Å²) in [6, 6.07) is 6.43. The van der Waals surface area contributed by atoms with Gasteiger partial charge in [0.15, 0.2) is 6.29 Å². The van der Waals surface area contributed by atoms with Crippen molar-refractivity contribution in [2.75, 3.05) is 11.9 Å². The standard InChI is InChI=1S/C17H15N5O5S/c1-9(14(18)24)19-6-12(7-23)20-15(25)13-8-28-16(22-13)10-2-4-11(5-3-10)21-17(26)27/h2-5,7-8,21H,6H2,1H3,(H2,18,24)(H,26,27). The Bertz CT molecular complexity index is 978. The monoisotopic (exact) mass is 401 g/mol. The number of aldehydes is 1. The molecular formula is C17H15N5O5S. The summed E-state index contributed by atoms with van der Waals surface area (Å²) in [6.45, 7) is 1.13. The number of nitrogens with zero attached hydrogens (tertiary/aromatic N) is 3. The average Bonchev–Trinajstić information content (AvgIpc) is 3.15. The van der Waals surface area contributed by atoms with E-state index < -0.39 is 17.9 Å². The Morgan fingerprint density at radius 3 is 2.54 bits per heavy atom. The van der Waals surface area contributed by atoms with Crippen LogP contribution in [0.1, 0.15) is 17.4 Å². The van der Waals surface area contributed by atoms with Gasteiger partial charge in [-0.1, -0.05) is 0 Å². The van der Waals surface area contributed by atoms with Crippen molar-refractivity contribution in [2.24, 2.45) is 15.7 Å². The number of aromatic nitrogens is 1. The number of benzene rings is 1. The summed E-state index contributed by atoms with van der Waals surface area (Å²) in [4.78, 5) is 56.4. The molecule has 0 bridgehead atoms. The predicted octanol–water partition coefficient (Wildman–Crippen LogP) is 1.63. The number of amides is 3. The summed E-state index contributed by atoms with van der Waals surface area (Å²) in [5.41, 5.74) is 6.02. The van der Waals surface area contributed by atoms with Gasteiger partial charge in [-0.05, 0) is 31.2 Å². The molecule has 28 heavy (non-hydrogen) atoms. The van der Waals surface area contributed by atoms with Crippen LogP contribution in [0.4, 0.5) is 10.5 Å². The van der Waals surface area contributed by atoms with E-state index in [9.17, 15) is 19.2 Å². The Labute approximate surface area is 162 Å². The lowest BCUT2D eigenvalue weighted by atomic mass is 10.2. The van der Waals surface area contributed by atoms with Crippen molar-refractivity contribution in [3.05, 3.63) is 35.3 Å². The SMILES string of the molecule is CC(=NCC(C=O)=NC(=O)c1csc(-c2ccc(NC(=O)O)cc2)n1)C(N)=O. The van der Waals surface area contributed by atoms with Crippen LogP contribution in [0.15, 0.2) is 39.6 Å². The Morgan fingerprint density at radius 1 is 1.29 bits per heavy atom. The van der Waals surface area contributed by atoms with E-state index in [4.69, 9.17) is 10.8 Å². The van der Waals surface area contributed by atoms with Crippen LogP contribution in [0.2, 0.25) is 0 Å². The highest BCUT2D eigenvalue weighted by Crippen LogP contribution is 2.25. The van der Waals surface area contributed by atoms with Crippen molar-refractivity contribution < 1.29 is 24.3 Å². The first-order valence-electron chi connectivity index (χ1n) is 7.74. The molecule has 3 amide bonds. The Hall–Kier alpha value is -3.73. The number of aliphatic imine (C=N–C) groups is 2. The number of anilines is 1. The zero-order valence-electron chi connectivity index (χ0n) is 14.6. The number of hydrogen-bond donors (Lipinski definition) is 3. The Morgan fingerprint density at radius 2 is 1.96 bits per heavy atom. The van der Waals surface area contributed by atoms with Crippen LogP contribution in [-0.2, 0) is 9.59 Å². The van der Waals surface area contributed by atoms with Crippen molar-refractivity contribution in [1.29, 1.82) is 0 Å². The molecule has 4 N–H and O–H groups in total. The molecule has 1 aromatic carbocycles. The molecule has 0 aliphatic rings. The highest BCUT2D eigenvalue weighted by molar-refractivity contribution is 7.13. The van der Waals surface area contributed by atoms with Gasteiger partial charge in [0, 0.05) is 16.6 Å². The largest absolute Gasteiger partial charge is 0.465 e. The summed E-state index contributed by atoms with van der Waals surface area (Å²) in [7, 11) is 0. The maximum atomic E-state index is 12.2. The first-order valence-corrected chi connectivity index (χ1v) is 8.62. The van der Waals surface area contributed by atoms with Gasteiger partial charge in [-0.3, -0.25) is 24.7 Å². The molecule has 2 aromatic rings. The number of primary amides is 1. The first-order chi connectivity index (χ1) is 13.3. The topological polar surface area (TPSA) is 164 Å². The number of thiazole rings is 1. The molecule has 0 spiro atoms. The fraction of sp³-hybridized carbons (Fsp3) is 0.118. The number of nitrogens with two attached hydrogens (primary N) is 1. The second-order valence-electron chi connectivity index (χ2n) is 5.34. The van der Waals surface area contributed by atoms with Crippen LogP contribution in [0, 0.1) is 0 Å². The molecule has 1 aromatic heterocycles. The molecule has 11 heteroatoms. The minimum atomic E-state index is -1.17. The molecule has 0 fully saturated rings. The molecule has 144 valence electrons. The first kappa shape index (κ1) is 20.6. The number of hydrogen-bond acceptors (Lipinski definition) is 7. The molecule has 1 heterocycles. The molecule has 0 aliphatic carbocycles. The second kappa shape index (κ2) is 9.28. The summed E-state index contributed by atoms with van der Waals surface area (Å²) >= 11 is 1.19. The number of rotatable bonds is 7. The lowest BCUT2D eigenvalue weighted by molar-refractivity contribution is -0.112. The number of nitrogens with one attached hydrogen (secondary N) is 1. The fourth-order valence-electron chi connectivity index (χ4n) is 1.89. The minimum absolute atomic E-state index is 0.0128. The molecule has 0 aliphatic heterocycles. The third kappa shape index (κ3) is 5.64. The zero-order chi connectivity index (χ0) is 20.7. The molecule has 0 radical (unpaired) electrons. The third-order valence-corrected chi connectivity index (χ3v) is 4.21. The molecule has 2 rings (SSSR count). The quantitative estimate of drug-likeness (QED) is 0.471. The van der Waals surface area contributed by atoms with E-state index in [0.717, 1.165) is 0 Å². The lowest BCUT2D eigenvalue weighted by Crippen LogP contribution is -2.21. The van der Waals surface area contributed by atoms with Crippen molar-refractivity contribution in [3.8, 4) is 10.6 Å². The van der Waals surface area contributed by atoms with E-state index >= 15 is 0 Å². The molecule has 0 saturated carbocycles. The highest BCUT2D eigenvalue weighted by atomic mass is 32.1. The molecule has 0 unspecified atom stereocenters. The fourth-order valence-corrected chi connectivity index (χ4v) is 2.69. The van der Waals surface area contributed by atoms with Gasteiger partial charge < -0.3 is 10.8 Å². The zero-order valence-corrected chi connectivity index (χ0v) is 15.4. The normalized spacial score (nSPS) is 11.8. The smallest absolute Gasteiger partial charge is 0.409 e. The highest BCUT2D eigenvalue weighted by Gasteiger charge is 2.13. The van der Waals surface area contributed by atoms with Gasteiger partial charge in [0.1, 0.15) is 16.4 Å². The molecule has 0 atom stereocenters. The molecule has 10 nitrogen and oxygen atoms in total. The number of carboxylic acid groups (broad SMARTS) is 1. The predicted molar refractivity (Wildman–Crippen MR) is 104 cm³/mol. The van der Waals surface area contributed by atoms with Gasteiger partial charge in [0.25, 0.3) is 11.8 Å². The van der Waals surface area contributed by atoms with Crippen LogP contribution in [0.5, 0.6) is 0 Å². The van der Waals surface area contributed by atoms with Gasteiger partial charge in [0.05, 0.1) is 12.3 Å². The number of carbonyl (C=O) groups excluding carboxylic acids is 3.